The number of amides is 3. The van der Waals surface area contributed by atoms with Crippen LogP contribution in [0.15, 0.2) is 48.5 Å². The molecule has 3 rings (SSSR count). The van der Waals surface area contributed by atoms with Gasteiger partial charge in [0.15, 0.2) is 0 Å². The summed E-state index contributed by atoms with van der Waals surface area (Å²) in [6, 6.07) is 15.7. The highest BCUT2D eigenvalue weighted by Gasteiger charge is 2.14. The molecule has 24 heavy (non-hydrogen) atoms. The largest absolute Gasteiger partial charge is 0.338 e. The summed E-state index contributed by atoms with van der Waals surface area (Å²) in [5.41, 5.74) is 4.31. The van der Waals surface area contributed by atoms with Crippen molar-refractivity contribution in [3.05, 3.63) is 65.2 Å². The lowest BCUT2D eigenvalue weighted by atomic mass is 9.99. The highest BCUT2D eigenvalue weighted by Crippen LogP contribution is 2.23. The number of rotatable bonds is 5. The standard InChI is InChI=1S/C19H21N3O2/c23-18-9-7-16-12-14(6-8-17(16)22-18)10-11-20-19(24)21-13-15-4-2-1-3-5-15/h1-6,8,12H,7,9-11,13H2,(H,22,23)(H2,20,21,24). The van der Waals surface area contributed by atoms with Crippen LogP contribution in [0.4, 0.5) is 10.5 Å². The van der Waals surface area contributed by atoms with Gasteiger partial charge in [0.05, 0.1) is 0 Å². The van der Waals surface area contributed by atoms with Crippen molar-refractivity contribution in [3.63, 3.8) is 0 Å². The summed E-state index contributed by atoms with van der Waals surface area (Å²) in [4.78, 5) is 23.2. The van der Waals surface area contributed by atoms with E-state index in [2.05, 4.69) is 22.0 Å². The van der Waals surface area contributed by atoms with E-state index in [1.54, 1.807) is 0 Å². The van der Waals surface area contributed by atoms with Crippen LogP contribution in [0.25, 0.3) is 0 Å². The fraction of sp³-hybridized carbons (Fsp3) is 0.263. The van der Waals surface area contributed by atoms with Gasteiger partial charge in [0.25, 0.3) is 0 Å². The number of nitrogens with one attached hydrogen (secondary N) is 3. The van der Waals surface area contributed by atoms with Crippen molar-refractivity contribution in [2.75, 3.05) is 11.9 Å². The lowest BCUT2D eigenvalue weighted by Crippen LogP contribution is -2.36. The first kappa shape index (κ1) is 16.1. The van der Waals surface area contributed by atoms with Crippen LogP contribution >= 0.6 is 0 Å². The molecule has 3 N–H and O–H groups in total. The van der Waals surface area contributed by atoms with Crippen LogP contribution in [0.1, 0.15) is 23.1 Å². The molecule has 1 aliphatic heterocycles. The van der Waals surface area contributed by atoms with Crippen molar-refractivity contribution in [1.29, 1.82) is 0 Å². The Balaban J connectivity index is 1.43. The summed E-state index contributed by atoms with van der Waals surface area (Å²) in [7, 11) is 0. The smallest absolute Gasteiger partial charge is 0.315 e. The number of hydrogen-bond acceptors (Lipinski definition) is 2. The average molecular weight is 323 g/mol. The summed E-state index contributed by atoms with van der Waals surface area (Å²) >= 11 is 0. The number of benzene rings is 2. The van der Waals surface area contributed by atoms with Gasteiger partial charge in [-0.15, -0.1) is 0 Å². The van der Waals surface area contributed by atoms with Crippen molar-refractivity contribution in [2.24, 2.45) is 0 Å². The van der Waals surface area contributed by atoms with E-state index < -0.39 is 0 Å². The normalized spacial score (nSPS) is 12.9. The van der Waals surface area contributed by atoms with Crippen molar-refractivity contribution < 1.29 is 9.59 Å². The molecule has 1 heterocycles. The first-order valence-corrected chi connectivity index (χ1v) is 8.18. The van der Waals surface area contributed by atoms with Gasteiger partial charge in [0.1, 0.15) is 0 Å². The Morgan fingerprint density at radius 2 is 1.83 bits per heavy atom. The van der Waals surface area contributed by atoms with Gasteiger partial charge in [-0.05, 0) is 35.6 Å². The fourth-order valence-electron chi connectivity index (χ4n) is 2.75. The van der Waals surface area contributed by atoms with Gasteiger partial charge in [-0.1, -0.05) is 42.5 Å². The van der Waals surface area contributed by atoms with Crippen LogP contribution in [0.3, 0.4) is 0 Å². The van der Waals surface area contributed by atoms with Crippen LogP contribution in [0.5, 0.6) is 0 Å². The molecule has 3 amide bonds. The Labute approximate surface area is 141 Å². The lowest BCUT2D eigenvalue weighted by molar-refractivity contribution is -0.116. The highest BCUT2D eigenvalue weighted by molar-refractivity contribution is 5.93. The van der Waals surface area contributed by atoms with E-state index in [9.17, 15) is 9.59 Å². The van der Waals surface area contributed by atoms with E-state index in [1.165, 1.54) is 5.56 Å². The van der Waals surface area contributed by atoms with Crippen LogP contribution in [0, 0.1) is 0 Å². The first-order chi connectivity index (χ1) is 11.7. The molecule has 5 nitrogen and oxygen atoms in total. The predicted octanol–water partition coefficient (Wildman–Crippen LogP) is 2.61. The second-order valence-electron chi connectivity index (χ2n) is 5.88. The molecule has 0 aromatic heterocycles. The number of anilines is 1. The second-order valence-corrected chi connectivity index (χ2v) is 5.88. The van der Waals surface area contributed by atoms with E-state index in [-0.39, 0.29) is 11.9 Å². The van der Waals surface area contributed by atoms with E-state index in [1.807, 2.05) is 42.5 Å². The zero-order chi connectivity index (χ0) is 16.8. The molecule has 1 aliphatic rings. The summed E-state index contributed by atoms with van der Waals surface area (Å²) in [5, 5.41) is 8.59. The average Bonchev–Trinajstić information content (AvgIpc) is 2.61. The van der Waals surface area contributed by atoms with Crippen LogP contribution in [-0.4, -0.2) is 18.5 Å². The second kappa shape index (κ2) is 7.64. The van der Waals surface area contributed by atoms with E-state index in [4.69, 9.17) is 0 Å². The number of hydrogen-bond donors (Lipinski definition) is 3. The van der Waals surface area contributed by atoms with Gasteiger partial charge in [0.2, 0.25) is 5.91 Å². The molecular weight excluding hydrogens is 302 g/mol. The summed E-state index contributed by atoms with van der Waals surface area (Å²) in [5.74, 6) is 0.0759. The summed E-state index contributed by atoms with van der Waals surface area (Å²) < 4.78 is 0. The molecule has 2 aromatic carbocycles. The molecule has 0 unspecified atom stereocenters. The SMILES string of the molecule is O=C1CCc2cc(CCNC(=O)NCc3ccccc3)ccc2N1. The number of urea groups is 1. The molecule has 2 aromatic rings. The molecule has 0 radical (unpaired) electrons. The van der Waals surface area contributed by atoms with Crippen molar-refractivity contribution in [2.45, 2.75) is 25.8 Å². The maximum absolute atomic E-state index is 11.8. The molecule has 124 valence electrons. The minimum Gasteiger partial charge on any atom is -0.338 e. The van der Waals surface area contributed by atoms with Crippen molar-refractivity contribution in [3.8, 4) is 0 Å². The third-order valence-electron chi connectivity index (χ3n) is 4.06. The predicted molar refractivity (Wildman–Crippen MR) is 93.8 cm³/mol. The van der Waals surface area contributed by atoms with E-state index in [0.717, 1.165) is 29.7 Å². The van der Waals surface area contributed by atoms with Crippen LogP contribution in [-0.2, 0) is 24.2 Å². The number of carbonyl (C=O) groups excluding carboxylic acids is 2. The molecular formula is C19H21N3O2. The van der Waals surface area contributed by atoms with Gasteiger partial charge in [0, 0.05) is 25.2 Å². The van der Waals surface area contributed by atoms with Gasteiger partial charge in [-0.25, -0.2) is 4.79 Å². The van der Waals surface area contributed by atoms with Gasteiger partial charge in [-0.3, -0.25) is 4.79 Å². The zero-order valence-electron chi connectivity index (χ0n) is 13.5. The Kier molecular flexibility index (Phi) is 5.11. The lowest BCUT2D eigenvalue weighted by Gasteiger charge is -2.17. The molecule has 0 fully saturated rings. The Bertz CT molecular complexity index is 729. The third kappa shape index (κ3) is 4.35. The molecule has 0 spiro atoms. The summed E-state index contributed by atoms with van der Waals surface area (Å²) in [6.07, 6.45) is 2.08. The molecule has 0 bridgehead atoms. The Hall–Kier alpha value is -2.82. The summed E-state index contributed by atoms with van der Waals surface area (Å²) in [6.45, 7) is 1.09. The minimum atomic E-state index is -0.163. The maximum Gasteiger partial charge on any atom is 0.315 e. The monoisotopic (exact) mass is 323 g/mol. The fourth-order valence-corrected chi connectivity index (χ4v) is 2.75. The van der Waals surface area contributed by atoms with Crippen LogP contribution in [0.2, 0.25) is 0 Å². The van der Waals surface area contributed by atoms with Crippen LogP contribution < -0.4 is 16.0 Å². The zero-order valence-corrected chi connectivity index (χ0v) is 13.5. The number of aryl methyl sites for hydroxylation is 1. The van der Waals surface area contributed by atoms with Gasteiger partial charge in [-0.2, -0.15) is 0 Å². The number of carbonyl (C=O) groups is 2. The van der Waals surface area contributed by atoms with Crippen molar-refractivity contribution in [1.82, 2.24) is 10.6 Å². The Morgan fingerprint density at radius 1 is 1.00 bits per heavy atom. The molecule has 0 saturated carbocycles. The number of fused-ring (bicyclic) bond motifs is 1. The molecule has 0 atom stereocenters. The topological polar surface area (TPSA) is 70.2 Å². The molecule has 0 aliphatic carbocycles. The minimum absolute atomic E-state index is 0.0759. The molecule has 5 heteroatoms. The highest BCUT2D eigenvalue weighted by atomic mass is 16.2. The van der Waals surface area contributed by atoms with Crippen molar-refractivity contribution >= 4 is 17.6 Å². The molecule has 0 saturated heterocycles. The maximum atomic E-state index is 11.8. The third-order valence-corrected chi connectivity index (χ3v) is 4.06. The van der Waals surface area contributed by atoms with E-state index in [0.29, 0.717) is 19.5 Å². The Morgan fingerprint density at radius 3 is 2.67 bits per heavy atom. The van der Waals surface area contributed by atoms with Gasteiger partial charge < -0.3 is 16.0 Å². The van der Waals surface area contributed by atoms with E-state index >= 15 is 0 Å². The quantitative estimate of drug-likeness (QED) is 0.791. The van der Waals surface area contributed by atoms with Gasteiger partial charge >= 0.3 is 6.03 Å². The first-order valence-electron chi connectivity index (χ1n) is 8.18.